The Labute approximate surface area is 207 Å². The zero-order valence-corrected chi connectivity index (χ0v) is 20.2. The molecule has 9 heteroatoms. The Morgan fingerprint density at radius 3 is 2.74 bits per heavy atom. The Balaban J connectivity index is 1.30. The number of rotatable bonds is 8. The topological polar surface area (TPSA) is 84.2 Å². The van der Waals surface area contributed by atoms with E-state index in [2.05, 4.69) is 25.6 Å². The number of benzene rings is 2. The van der Waals surface area contributed by atoms with Gasteiger partial charge in [-0.15, -0.1) is 0 Å². The highest BCUT2D eigenvalue weighted by atomic mass is 32.2. The highest BCUT2D eigenvalue weighted by molar-refractivity contribution is 7.98. The monoisotopic (exact) mass is 488 g/mol. The van der Waals surface area contributed by atoms with Gasteiger partial charge in [-0.2, -0.15) is 0 Å². The molecular formula is C26H25FN6OS. The Morgan fingerprint density at radius 1 is 1.20 bits per heavy atom. The molecule has 2 atom stereocenters. The number of anilines is 2. The van der Waals surface area contributed by atoms with Crippen molar-refractivity contribution < 1.29 is 9.18 Å². The summed E-state index contributed by atoms with van der Waals surface area (Å²) in [7, 11) is 0. The van der Waals surface area contributed by atoms with Gasteiger partial charge in [0.2, 0.25) is 5.91 Å². The van der Waals surface area contributed by atoms with E-state index in [-0.39, 0.29) is 17.8 Å². The van der Waals surface area contributed by atoms with Crippen molar-refractivity contribution in [2.45, 2.75) is 36.8 Å². The molecule has 2 aromatic carbocycles. The molecule has 0 aromatic heterocycles. The summed E-state index contributed by atoms with van der Waals surface area (Å²) >= 11 is 1.48. The molecule has 0 radical (unpaired) electrons. The summed E-state index contributed by atoms with van der Waals surface area (Å²) < 4.78 is 15.0. The number of thioether (sulfide) groups is 1. The number of hydrogen-bond donors (Lipinski definition) is 2. The summed E-state index contributed by atoms with van der Waals surface area (Å²) in [5, 5.41) is 7.07. The van der Waals surface area contributed by atoms with Gasteiger partial charge in [-0.05, 0) is 61.4 Å². The molecule has 3 aliphatic heterocycles. The smallest absolute Gasteiger partial charge is 0.247 e. The van der Waals surface area contributed by atoms with E-state index in [9.17, 15) is 9.18 Å². The van der Waals surface area contributed by atoms with Gasteiger partial charge in [0.1, 0.15) is 17.6 Å². The lowest BCUT2D eigenvalue weighted by molar-refractivity contribution is -0.118. The lowest BCUT2D eigenvalue weighted by atomic mass is 10.1. The first kappa shape index (κ1) is 23.0. The molecule has 0 saturated heterocycles. The fourth-order valence-corrected chi connectivity index (χ4v) is 4.55. The van der Waals surface area contributed by atoms with E-state index < -0.39 is 6.04 Å². The van der Waals surface area contributed by atoms with Gasteiger partial charge in [0.25, 0.3) is 0 Å². The number of amides is 1. The minimum Gasteiger partial charge on any atom is -0.375 e. The lowest BCUT2D eigenvalue weighted by Crippen LogP contribution is -2.31. The molecule has 2 unspecified atom stereocenters. The molecule has 178 valence electrons. The highest BCUT2D eigenvalue weighted by Crippen LogP contribution is 2.29. The molecule has 0 bridgehead atoms. The van der Waals surface area contributed by atoms with Gasteiger partial charge >= 0.3 is 0 Å². The van der Waals surface area contributed by atoms with E-state index in [0.29, 0.717) is 16.7 Å². The van der Waals surface area contributed by atoms with Gasteiger partial charge in [-0.3, -0.25) is 9.79 Å². The van der Waals surface area contributed by atoms with Gasteiger partial charge in [0.05, 0.1) is 12.6 Å². The zero-order valence-electron chi connectivity index (χ0n) is 19.4. The summed E-state index contributed by atoms with van der Waals surface area (Å²) in [5.74, 6) is 0.876. The van der Waals surface area contributed by atoms with Crippen LogP contribution in [-0.4, -0.2) is 39.2 Å². The van der Waals surface area contributed by atoms with Crippen molar-refractivity contribution >= 4 is 35.3 Å². The fraction of sp³-hybridized carbons (Fsp3) is 0.231. The summed E-state index contributed by atoms with van der Waals surface area (Å²) in [6, 6.07) is 15.8. The molecule has 0 saturated carbocycles. The third-order valence-electron chi connectivity index (χ3n) is 5.90. The molecule has 3 aliphatic rings. The Bertz CT molecular complexity index is 1350. The number of carbonyl (C=O) groups is 1. The average molecular weight is 489 g/mol. The third kappa shape index (κ3) is 5.19. The number of fused-ring (bicyclic) bond motifs is 1. The second-order valence-corrected chi connectivity index (χ2v) is 9.45. The van der Waals surface area contributed by atoms with Gasteiger partial charge in [0, 0.05) is 29.5 Å². The van der Waals surface area contributed by atoms with Gasteiger partial charge in [-0.25, -0.2) is 14.4 Å². The van der Waals surface area contributed by atoms with Crippen LogP contribution in [0.15, 0.2) is 70.9 Å². The summed E-state index contributed by atoms with van der Waals surface area (Å²) in [5.41, 5.74) is 4.39. The maximum Gasteiger partial charge on any atom is 0.247 e. The minimum atomic E-state index is -0.500. The average Bonchev–Trinajstić information content (AvgIpc) is 3.25. The van der Waals surface area contributed by atoms with E-state index >= 15 is 0 Å². The second kappa shape index (κ2) is 9.87. The number of carbonyl (C=O) groups excluding carboxylic acids is 1. The van der Waals surface area contributed by atoms with Crippen LogP contribution in [-0.2, 0) is 10.5 Å². The number of nitrogens with zero attached hydrogens (tertiary/aromatic N) is 4. The first-order valence-electron chi connectivity index (χ1n) is 11.4. The van der Waals surface area contributed by atoms with E-state index in [1.165, 1.54) is 23.9 Å². The molecule has 0 aliphatic carbocycles. The number of aliphatic imine (C=N–C) groups is 1. The fourth-order valence-electron chi connectivity index (χ4n) is 3.75. The number of halogens is 1. The first-order chi connectivity index (χ1) is 17.0. The van der Waals surface area contributed by atoms with Crippen LogP contribution >= 0.6 is 11.8 Å². The van der Waals surface area contributed by atoms with E-state index in [1.54, 1.807) is 12.1 Å². The van der Waals surface area contributed by atoms with Crippen molar-refractivity contribution in [2.24, 2.45) is 4.99 Å². The van der Waals surface area contributed by atoms with Gasteiger partial charge < -0.3 is 15.2 Å². The number of pyridine rings is 1. The molecule has 1 amide bonds. The number of hydrogen-bond acceptors (Lipinski definition) is 6. The SMILES string of the molecule is Cc1ccc(NC2C=NC2)cc1NC(=O)C(C)n1cccc2nc(SCc3ccc(F)cc3)nc1-2. The van der Waals surface area contributed by atoms with Crippen LogP contribution in [0.4, 0.5) is 15.8 Å². The Morgan fingerprint density at radius 2 is 2.00 bits per heavy atom. The predicted octanol–water partition coefficient (Wildman–Crippen LogP) is 5.19. The Hall–Kier alpha value is -3.72. The lowest BCUT2D eigenvalue weighted by Gasteiger charge is -2.21. The molecule has 2 aromatic rings. The molecular weight excluding hydrogens is 463 g/mol. The predicted molar refractivity (Wildman–Crippen MR) is 138 cm³/mol. The number of imidazole rings is 1. The highest BCUT2D eigenvalue weighted by Gasteiger charge is 2.22. The van der Waals surface area contributed by atoms with Crippen LogP contribution < -0.4 is 10.6 Å². The minimum absolute atomic E-state index is 0.142. The second-order valence-electron chi connectivity index (χ2n) is 8.51. The van der Waals surface area contributed by atoms with Crippen molar-refractivity contribution in [3.63, 3.8) is 0 Å². The van der Waals surface area contributed by atoms with Crippen molar-refractivity contribution in [2.75, 3.05) is 17.2 Å². The zero-order chi connectivity index (χ0) is 24.4. The van der Waals surface area contributed by atoms with Crippen LogP contribution in [0.5, 0.6) is 0 Å². The summed E-state index contributed by atoms with van der Waals surface area (Å²) in [6.07, 6.45) is 3.72. The Kier molecular flexibility index (Phi) is 6.50. The quantitative estimate of drug-likeness (QED) is 0.334. The number of nitrogens with one attached hydrogen (secondary N) is 2. The van der Waals surface area contributed by atoms with Crippen molar-refractivity contribution in [3.05, 3.63) is 77.7 Å². The van der Waals surface area contributed by atoms with Crippen molar-refractivity contribution in [1.29, 1.82) is 0 Å². The molecule has 35 heavy (non-hydrogen) atoms. The first-order valence-corrected chi connectivity index (χ1v) is 12.3. The number of aromatic nitrogens is 3. The van der Waals surface area contributed by atoms with Crippen molar-refractivity contribution in [3.8, 4) is 11.5 Å². The van der Waals surface area contributed by atoms with E-state index in [4.69, 9.17) is 0 Å². The van der Waals surface area contributed by atoms with E-state index in [1.807, 2.05) is 61.2 Å². The maximum absolute atomic E-state index is 13.2. The van der Waals surface area contributed by atoms with Crippen molar-refractivity contribution in [1.82, 2.24) is 14.5 Å². The molecule has 7 nitrogen and oxygen atoms in total. The van der Waals surface area contributed by atoms with Crippen LogP contribution in [0.3, 0.4) is 0 Å². The van der Waals surface area contributed by atoms with Crippen LogP contribution in [0, 0.1) is 12.7 Å². The molecule has 0 spiro atoms. The van der Waals surface area contributed by atoms with Gasteiger partial charge in [0.15, 0.2) is 11.0 Å². The number of aryl methyl sites for hydroxylation is 1. The normalized spacial score (nSPS) is 15.6. The standard InChI is InChI=1S/C26H25FN6OS/c1-16-5-10-20(29-21-13-28-14-21)12-23(16)30-25(34)17(2)33-11-3-4-22-24(33)32-26(31-22)35-15-18-6-8-19(27)9-7-18/h3-13,17,21,29H,14-15H2,1-2H3,(H,30,34). The van der Waals surface area contributed by atoms with Crippen LogP contribution in [0.25, 0.3) is 11.5 Å². The molecule has 5 rings (SSSR count). The molecule has 0 fully saturated rings. The van der Waals surface area contributed by atoms with Crippen LogP contribution in [0.1, 0.15) is 24.1 Å². The molecule has 3 heterocycles. The maximum atomic E-state index is 13.2. The third-order valence-corrected chi connectivity index (χ3v) is 6.82. The van der Waals surface area contributed by atoms with E-state index in [0.717, 1.165) is 34.7 Å². The van der Waals surface area contributed by atoms with Crippen LogP contribution in [0.2, 0.25) is 0 Å². The largest absolute Gasteiger partial charge is 0.375 e. The summed E-state index contributed by atoms with van der Waals surface area (Å²) in [6.45, 7) is 4.57. The molecule has 2 N–H and O–H groups in total. The van der Waals surface area contributed by atoms with Gasteiger partial charge in [-0.1, -0.05) is 30.0 Å². The summed E-state index contributed by atoms with van der Waals surface area (Å²) in [4.78, 5) is 26.6.